The van der Waals surface area contributed by atoms with Crippen molar-refractivity contribution in [2.45, 2.75) is 18.0 Å². The van der Waals surface area contributed by atoms with Gasteiger partial charge in [0.1, 0.15) is 4.90 Å². The van der Waals surface area contributed by atoms with Crippen molar-refractivity contribution in [2.75, 3.05) is 13.6 Å². The number of sulfonamides is 1. The number of nitrogens with zero attached hydrogens (tertiary/aromatic N) is 4. The number of nitrogens with one attached hydrogen (secondary N) is 2. The summed E-state index contributed by atoms with van der Waals surface area (Å²) in [6.07, 6.45) is 4.36. The van der Waals surface area contributed by atoms with E-state index in [2.05, 4.69) is 25.3 Å². The second-order valence-electron chi connectivity index (χ2n) is 4.08. The van der Waals surface area contributed by atoms with Gasteiger partial charge in [-0.15, -0.1) is 0 Å². The molecule has 8 nitrogen and oxygen atoms in total. The Hall–Kier alpha value is -1.84. The highest BCUT2D eigenvalue weighted by molar-refractivity contribution is 7.89. The zero-order valence-electron chi connectivity index (χ0n) is 11.0. The molecule has 0 saturated heterocycles. The average molecular weight is 296 g/mol. The highest BCUT2D eigenvalue weighted by atomic mass is 32.2. The van der Waals surface area contributed by atoms with E-state index in [4.69, 9.17) is 0 Å². The molecule has 2 rings (SSSR count). The lowest BCUT2D eigenvalue weighted by atomic mass is 10.4. The van der Waals surface area contributed by atoms with Gasteiger partial charge in [-0.3, -0.25) is 4.68 Å². The van der Waals surface area contributed by atoms with Crippen LogP contribution in [-0.4, -0.2) is 42.0 Å². The molecule has 0 aliphatic carbocycles. The van der Waals surface area contributed by atoms with Gasteiger partial charge >= 0.3 is 0 Å². The molecule has 0 fully saturated rings. The first-order valence-corrected chi connectivity index (χ1v) is 7.53. The lowest BCUT2D eigenvalue weighted by Gasteiger charge is -2.03. The Morgan fingerprint density at radius 1 is 1.40 bits per heavy atom. The lowest BCUT2D eigenvalue weighted by Crippen LogP contribution is -2.23. The van der Waals surface area contributed by atoms with Crippen LogP contribution in [0, 0.1) is 0 Å². The van der Waals surface area contributed by atoms with E-state index in [0.717, 1.165) is 0 Å². The first-order valence-electron chi connectivity index (χ1n) is 6.05. The van der Waals surface area contributed by atoms with Gasteiger partial charge in [-0.25, -0.2) is 13.1 Å². The minimum absolute atomic E-state index is 0.0951. The Morgan fingerprint density at radius 2 is 2.25 bits per heavy atom. The van der Waals surface area contributed by atoms with E-state index in [1.54, 1.807) is 16.8 Å². The smallest absolute Gasteiger partial charge is 0.244 e. The third-order valence-electron chi connectivity index (χ3n) is 2.58. The molecule has 0 unspecified atom stereocenters. The maximum Gasteiger partial charge on any atom is 0.244 e. The molecule has 2 aromatic rings. The predicted octanol–water partition coefficient (Wildman–Crippen LogP) is -0.629. The summed E-state index contributed by atoms with van der Waals surface area (Å²) in [5.41, 5.74) is 0.554. The Balaban J connectivity index is 2.01. The summed E-state index contributed by atoms with van der Waals surface area (Å²) in [5, 5.41) is 14.5. The summed E-state index contributed by atoms with van der Waals surface area (Å²) < 4.78 is 28.2. The van der Waals surface area contributed by atoms with Crippen molar-refractivity contribution in [1.82, 2.24) is 30.0 Å². The SMILES string of the molecule is CNCCn1cc(S(=O)(=O)NCc2cccnn2)cn1. The van der Waals surface area contributed by atoms with Crippen molar-refractivity contribution in [1.29, 1.82) is 0 Å². The van der Waals surface area contributed by atoms with E-state index < -0.39 is 10.0 Å². The fourth-order valence-electron chi connectivity index (χ4n) is 1.51. The third kappa shape index (κ3) is 3.83. The molecule has 0 bridgehead atoms. The fraction of sp³-hybridized carbons (Fsp3) is 0.364. The second kappa shape index (κ2) is 6.55. The van der Waals surface area contributed by atoms with Crippen LogP contribution < -0.4 is 10.0 Å². The number of rotatable bonds is 7. The predicted molar refractivity (Wildman–Crippen MR) is 72.2 cm³/mol. The van der Waals surface area contributed by atoms with E-state index >= 15 is 0 Å². The highest BCUT2D eigenvalue weighted by Gasteiger charge is 2.16. The van der Waals surface area contributed by atoms with Gasteiger partial charge in [-0.1, -0.05) is 0 Å². The zero-order chi connectivity index (χ0) is 14.4. The standard InChI is InChI=1S/C11H16N6O2S/c1-12-5-6-17-9-11(8-14-17)20(18,19)15-7-10-3-2-4-13-16-10/h2-4,8-9,12,15H,5-7H2,1H3. The topological polar surface area (TPSA) is 102 Å². The van der Waals surface area contributed by atoms with Gasteiger partial charge in [0.2, 0.25) is 10.0 Å². The summed E-state index contributed by atoms with van der Waals surface area (Å²) in [7, 11) is -1.76. The first-order chi connectivity index (χ1) is 9.62. The maximum atomic E-state index is 12.1. The van der Waals surface area contributed by atoms with Crippen molar-refractivity contribution in [2.24, 2.45) is 0 Å². The number of aromatic nitrogens is 4. The second-order valence-corrected chi connectivity index (χ2v) is 5.85. The van der Waals surface area contributed by atoms with Crippen LogP contribution >= 0.6 is 0 Å². The Morgan fingerprint density at radius 3 is 2.95 bits per heavy atom. The fourth-order valence-corrected chi connectivity index (χ4v) is 2.46. The molecule has 0 spiro atoms. The molecule has 0 radical (unpaired) electrons. The number of hydrogen-bond acceptors (Lipinski definition) is 6. The molecule has 0 saturated carbocycles. The highest BCUT2D eigenvalue weighted by Crippen LogP contribution is 2.07. The van der Waals surface area contributed by atoms with Crippen LogP contribution in [0.25, 0.3) is 0 Å². The van der Waals surface area contributed by atoms with E-state index in [-0.39, 0.29) is 11.4 Å². The van der Waals surface area contributed by atoms with Crippen molar-refractivity contribution in [3.63, 3.8) is 0 Å². The van der Waals surface area contributed by atoms with Crippen molar-refractivity contribution in [3.8, 4) is 0 Å². The molecule has 20 heavy (non-hydrogen) atoms. The van der Waals surface area contributed by atoms with E-state index in [0.29, 0.717) is 18.8 Å². The Bertz CT molecular complexity index is 640. The summed E-state index contributed by atoms with van der Waals surface area (Å²) in [6, 6.07) is 3.40. The van der Waals surface area contributed by atoms with Crippen LogP contribution in [0.5, 0.6) is 0 Å². The summed E-state index contributed by atoms with van der Waals surface area (Å²) >= 11 is 0. The van der Waals surface area contributed by atoms with Crippen molar-refractivity contribution in [3.05, 3.63) is 36.4 Å². The molecule has 0 aliphatic rings. The molecule has 0 atom stereocenters. The van der Waals surface area contributed by atoms with Gasteiger partial charge in [-0.05, 0) is 19.2 Å². The number of hydrogen-bond donors (Lipinski definition) is 2. The van der Waals surface area contributed by atoms with Gasteiger partial charge in [0.05, 0.1) is 25.0 Å². The molecule has 0 aliphatic heterocycles. The minimum Gasteiger partial charge on any atom is -0.318 e. The zero-order valence-corrected chi connectivity index (χ0v) is 11.8. The maximum absolute atomic E-state index is 12.1. The van der Waals surface area contributed by atoms with Crippen molar-refractivity contribution < 1.29 is 8.42 Å². The molecule has 0 amide bonds. The normalized spacial score (nSPS) is 11.7. The quantitative estimate of drug-likeness (QED) is 0.705. The van der Waals surface area contributed by atoms with Crippen LogP contribution in [0.3, 0.4) is 0 Å². The largest absolute Gasteiger partial charge is 0.318 e. The van der Waals surface area contributed by atoms with Crippen LogP contribution in [0.1, 0.15) is 5.69 Å². The van der Waals surface area contributed by atoms with Gasteiger partial charge in [0.25, 0.3) is 0 Å². The third-order valence-corrected chi connectivity index (χ3v) is 3.94. The minimum atomic E-state index is -3.58. The monoisotopic (exact) mass is 296 g/mol. The van der Waals surface area contributed by atoms with Gasteiger partial charge < -0.3 is 5.32 Å². The summed E-state index contributed by atoms with van der Waals surface area (Å²) in [6.45, 7) is 1.42. The Labute approximate surface area is 117 Å². The Kier molecular flexibility index (Phi) is 4.77. The molecule has 9 heteroatoms. The summed E-state index contributed by atoms with van der Waals surface area (Å²) in [4.78, 5) is 0.137. The van der Waals surface area contributed by atoms with Crippen LogP contribution in [0.2, 0.25) is 0 Å². The van der Waals surface area contributed by atoms with Crippen LogP contribution in [0.4, 0.5) is 0 Å². The number of likely N-dealkylation sites (N-methyl/N-ethyl adjacent to an activating group) is 1. The molecule has 0 aromatic carbocycles. The lowest BCUT2D eigenvalue weighted by molar-refractivity contribution is 0.575. The van der Waals surface area contributed by atoms with Gasteiger partial charge in [-0.2, -0.15) is 15.3 Å². The average Bonchev–Trinajstić information content (AvgIpc) is 2.94. The first kappa shape index (κ1) is 14.6. The molecule has 2 aromatic heterocycles. The molecule has 108 valence electrons. The van der Waals surface area contributed by atoms with Crippen molar-refractivity contribution >= 4 is 10.0 Å². The van der Waals surface area contributed by atoms with E-state index in [9.17, 15) is 8.42 Å². The van der Waals surface area contributed by atoms with E-state index in [1.807, 2.05) is 7.05 Å². The molecule has 2 heterocycles. The van der Waals surface area contributed by atoms with E-state index in [1.165, 1.54) is 18.6 Å². The molecular formula is C11H16N6O2S. The summed E-state index contributed by atoms with van der Waals surface area (Å²) in [5.74, 6) is 0. The molecular weight excluding hydrogens is 280 g/mol. The van der Waals surface area contributed by atoms with Crippen LogP contribution in [0.15, 0.2) is 35.6 Å². The van der Waals surface area contributed by atoms with Crippen LogP contribution in [-0.2, 0) is 23.1 Å². The molecule has 2 N–H and O–H groups in total. The van der Waals surface area contributed by atoms with Gasteiger partial charge in [0, 0.05) is 18.9 Å². The van der Waals surface area contributed by atoms with Gasteiger partial charge in [0.15, 0.2) is 0 Å².